The Bertz CT molecular complexity index is 609. The Morgan fingerprint density at radius 3 is 2.43 bits per heavy atom. The molecule has 5 N–H and O–H groups in total. The summed E-state index contributed by atoms with van der Waals surface area (Å²) >= 11 is 0. The molecular formula is C14H19N3O6. The van der Waals surface area contributed by atoms with E-state index in [1.807, 2.05) is 5.48 Å². The van der Waals surface area contributed by atoms with Crippen LogP contribution in [0, 0.1) is 0 Å². The highest BCUT2D eigenvalue weighted by Crippen LogP contribution is 2.22. The van der Waals surface area contributed by atoms with E-state index in [2.05, 4.69) is 10.2 Å². The summed E-state index contributed by atoms with van der Waals surface area (Å²) in [6.07, 6.45) is -0.695. The zero-order valence-corrected chi connectivity index (χ0v) is 13.0. The van der Waals surface area contributed by atoms with Gasteiger partial charge in [-0.2, -0.15) is 0 Å². The SMILES string of the molecule is CC(C)(C)OC(=O)Nc1ccc(C(=O)NOCC(N)=O)c(O)c1. The van der Waals surface area contributed by atoms with Crippen LogP contribution in [-0.2, 0) is 14.4 Å². The number of hydrogen-bond donors (Lipinski definition) is 4. The molecule has 0 saturated carbocycles. The van der Waals surface area contributed by atoms with E-state index in [0.717, 1.165) is 0 Å². The molecule has 23 heavy (non-hydrogen) atoms. The number of carbonyl (C=O) groups is 3. The first kappa shape index (κ1) is 18.2. The van der Waals surface area contributed by atoms with E-state index >= 15 is 0 Å². The van der Waals surface area contributed by atoms with Gasteiger partial charge in [0, 0.05) is 11.8 Å². The number of benzene rings is 1. The molecule has 0 aliphatic heterocycles. The molecule has 0 radical (unpaired) electrons. The number of anilines is 1. The third kappa shape index (κ3) is 6.66. The molecule has 9 heteroatoms. The molecule has 1 aromatic carbocycles. The van der Waals surface area contributed by atoms with Gasteiger partial charge in [0.15, 0.2) is 6.61 Å². The second-order valence-corrected chi connectivity index (χ2v) is 5.54. The van der Waals surface area contributed by atoms with Crippen molar-refractivity contribution in [3.05, 3.63) is 23.8 Å². The van der Waals surface area contributed by atoms with Gasteiger partial charge >= 0.3 is 6.09 Å². The molecule has 0 unspecified atom stereocenters. The molecule has 0 atom stereocenters. The first-order valence-corrected chi connectivity index (χ1v) is 6.62. The highest BCUT2D eigenvalue weighted by Gasteiger charge is 2.17. The predicted molar refractivity (Wildman–Crippen MR) is 80.6 cm³/mol. The maximum absolute atomic E-state index is 11.7. The Hall–Kier alpha value is -2.81. The average Bonchev–Trinajstić information content (AvgIpc) is 2.35. The second kappa shape index (κ2) is 7.45. The summed E-state index contributed by atoms with van der Waals surface area (Å²) < 4.78 is 5.06. The lowest BCUT2D eigenvalue weighted by molar-refractivity contribution is -0.124. The average molecular weight is 325 g/mol. The summed E-state index contributed by atoms with van der Waals surface area (Å²) in [6, 6.07) is 3.84. The molecule has 0 heterocycles. The van der Waals surface area contributed by atoms with Gasteiger partial charge in [0.25, 0.3) is 5.91 Å². The molecule has 1 rings (SSSR count). The third-order valence-corrected chi connectivity index (χ3v) is 2.27. The lowest BCUT2D eigenvalue weighted by atomic mass is 10.1. The summed E-state index contributed by atoms with van der Waals surface area (Å²) in [6.45, 7) is 4.64. The summed E-state index contributed by atoms with van der Waals surface area (Å²) in [4.78, 5) is 38.3. The number of hydrogen-bond acceptors (Lipinski definition) is 6. The first-order chi connectivity index (χ1) is 10.6. The molecule has 0 bridgehead atoms. The Morgan fingerprint density at radius 1 is 1.26 bits per heavy atom. The zero-order valence-electron chi connectivity index (χ0n) is 13.0. The summed E-state index contributed by atoms with van der Waals surface area (Å²) in [5.41, 5.74) is 6.26. The number of primary amides is 1. The fraction of sp³-hybridized carbons (Fsp3) is 0.357. The molecule has 0 saturated heterocycles. The molecule has 9 nitrogen and oxygen atoms in total. The van der Waals surface area contributed by atoms with Crippen molar-refractivity contribution in [1.82, 2.24) is 5.48 Å². The number of aromatic hydroxyl groups is 1. The minimum Gasteiger partial charge on any atom is -0.507 e. The van der Waals surface area contributed by atoms with E-state index in [9.17, 15) is 19.5 Å². The van der Waals surface area contributed by atoms with Gasteiger partial charge in [-0.1, -0.05) is 0 Å². The minimum absolute atomic E-state index is 0.107. The number of hydroxylamine groups is 1. The zero-order chi connectivity index (χ0) is 17.6. The van der Waals surface area contributed by atoms with Crippen molar-refractivity contribution in [2.24, 2.45) is 5.73 Å². The number of nitrogens with two attached hydrogens (primary N) is 1. The largest absolute Gasteiger partial charge is 0.507 e. The van der Waals surface area contributed by atoms with Crippen LogP contribution < -0.4 is 16.5 Å². The highest BCUT2D eigenvalue weighted by atomic mass is 16.7. The van der Waals surface area contributed by atoms with Crippen LogP contribution in [0.15, 0.2) is 18.2 Å². The number of rotatable bonds is 5. The number of phenols is 1. The van der Waals surface area contributed by atoms with Gasteiger partial charge in [-0.3, -0.25) is 19.7 Å². The van der Waals surface area contributed by atoms with Gasteiger partial charge in [0.1, 0.15) is 11.4 Å². The fourth-order valence-electron chi connectivity index (χ4n) is 1.45. The smallest absolute Gasteiger partial charge is 0.412 e. The van der Waals surface area contributed by atoms with Gasteiger partial charge in [-0.25, -0.2) is 10.3 Å². The van der Waals surface area contributed by atoms with Crippen LogP contribution in [0.1, 0.15) is 31.1 Å². The number of phenolic OH excluding ortho intramolecular Hbond substituents is 1. The number of carbonyl (C=O) groups excluding carboxylic acids is 3. The van der Waals surface area contributed by atoms with Crippen LogP contribution in [0.25, 0.3) is 0 Å². The quantitative estimate of drug-likeness (QED) is 0.593. The Labute approximate surface area is 132 Å². The van der Waals surface area contributed by atoms with Gasteiger partial charge in [0.05, 0.1) is 5.56 Å². The molecule has 0 aliphatic rings. The van der Waals surface area contributed by atoms with Crippen molar-refractivity contribution in [1.29, 1.82) is 0 Å². The van der Waals surface area contributed by atoms with Gasteiger partial charge in [-0.15, -0.1) is 0 Å². The van der Waals surface area contributed by atoms with Gasteiger partial charge in [-0.05, 0) is 32.9 Å². The molecule has 0 fully saturated rings. The molecule has 0 aromatic heterocycles. The lowest BCUT2D eigenvalue weighted by Gasteiger charge is -2.19. The number of nitrogens with one attached hydrogen (secondary N) is 2. The molecule has 0 spiro atoms. The fourth-order valence-corrected chi connectivity index (χ4v) is 1.45. The summed E-state index contributed by atoms with van der Waals surface area (Å²) in [7, 11) is 0. The lowest BCUT2D eigenvalue weighted by Crippen LogP contribution is -2.29. The van der Waals surface area contributed by atoms with E-state index in [4.69, 9.17) is 10.5 Å². The summed E-state index contributed by atoms with van der Waals surface area (Å²) in [5.74, 6) is -1.92. The van der Waals surface area contributed by atoms with Crippen molar-refractivity contribution >= 4 is 23.6 Å². The maximum Gasteiger partial charge on any atom is 0.412 e. The minimum atomic E-state index is -0.771. The maximum atomic E-state index is 11.7. The number of amides is 3. The molecule has 0 aliphatic carbocycles. The number of ether oxygens (including phenoxy) is 1. The molecule has 3 amide bonds. The van der Waals surface area contributed by atoms with E-state index in [-0.39, 0.29) is 11.3 Å². The Kier molecular flexibility index (Phi) is 5.91. The van der Waals surface area contributed by atoms with Crippen molar-refractivity contribution in [3.63, 3.8) is 0 Å². The van der Waals surface area contributed by atoms with E-state index < -0.39 is 35.9 Å². The van der Waals surface area contributed by atoms with E-state index in [1.54, 1.807) is 20.8 Å². The standard InChI is InChI=1S/C14H19N3O6/c1-14(2,3)23-13(21)16-8-4-5-9(10(18)6-8)12(20)17-22-7-11(15)19/h4-6,18H,7H2,1-3H3,(H2,15,19)(H,16,21)(H,17,20). The van der Waals surface area contributed by atoms with Crippen LogP contribution in [-0.4, -0.2) is 35.2 Å². The monoisotopic (exact) mass is 325 g/mol. The van der Waals surface area contributed by atoms with Crippen molar-refractivity contribution < 1.29 is 29.1 Å². The highest BCUT2D eigenvalue weighted by molar-refractivity contribution is 5.97. The van der Waals surface area contributed by atoms with Crippen LogP contribution >= 0.6 is 0 Å². The molecular weight excluding hydrogens is 306 g/mol. The van der Waals surface area contributed by atoms with E-state index in [1.165, 1.54) is 18.2 Å². The normalized spacial score (nSPS) is 10.7. The Morgan fingerprint density at radius 2 is 1.91 bits per heavy atom. The van der Waals surface area contributed by atoms with Gasteiger partial charge in [0.2, 0.25) is 5.91 Å². The van der Waals surface area contributed by atoms with Crippen molar-refractivity contribution in [3.8, 4) is 5.75 Å². The predicted octanol–water partition coefficient (Wildman–Crippen LogP) is 0.886. The first-order valence-electron chi connectivity index (χ1n) is 6.62. The van der Waals surface area contributed by atoms with Crippen LogP contribution in [0.3, 0.4) is 0 Å². The summed E-state index contributed by atoms with van der Waals surface area (Å²) in [5, 5.41) is 12.2. The van der Waals surface area contributed by atoms with E-state index in [0.29, 0.717) is 0 Å². The topological polar surface area (TPSA) is 140 Å². The van der Waals surface area contributed by atoms with Crippen LogP contribution in [0.2, 0.25) is 0 Å². The third-order valence-electron chi connectivity index (χ3n) is 2.27. The van der Waals surface area contributed by atoms with Crippen LogP contribution in [0.5, 0.6) is 5.75 Å². The molecule has 126 valence electrons. The van der Waals surface area contributed by atoms with Crippen molar-refractivity contribution in [2.45, 2.75) is 26.4 Å². The van der Waals surface area contributed by atoms with Gasteiger partial charge < -0.3 is 15.6 Å². The Balaban J connectivity index is 2.69. The van der Waals surface area contributed by atoms with Crippen molar-refractivity contribution in [2.75, 3.05) is 11.9 Å². The second-order valence-electron chi connectivity index (χ2n) is 5.54. The van der Waals surface area contributed by atoms with Crippen LogP contribution in [0.4, 0.5) is 10.5 Å². The molecule has 1 aromatic rings.